The van der Waals surface area contributed by atoms with Gasteiger partial charge in [0.2, 0.25) is 5.91 Å². The van der Waals surface area contributed by atoms with Gasteiger partial charge in [-0.05, 0) is 41.8 Å². The van der Waals surface area contributed by atoms with Gasteiger partial charge in [0.25, 0.3) is 5.69 Å². The minimum Gasteiger partial charge on any atom is -0.493 e. The standard InChI is InChI=1S/C23H27ClN4O5/c1-32-21-11-16-5-6-27(14-17(16)12-22(21)33-2)23(29)15-25-7-9-26(10-8-25)19-4-3-18(24)13-20(19)28(30)31/h3-4,11-13H,5-10,14-15H2,1-2H3. The second-order valence-electron chi connectivity index (χ2n) is 8.19. The van der Waals surface area contributed by atoms with E-state index in [1.54, 1.807) is 26.4 Å². The summed E-state index contributed by atoms with van der Waals surface area (Å²) in [6.45, 7) is 4.07. The molecule has 2 aliphatic rings. The number of methoxy groups -OCH3 is 2. The van der Waals surface area contributed by atoms with Crippen LogP contribution in [0.25, 0.3) is 0 Å². The van der Waals surface area contributed by atoms with E-state index < -0.39 is 4.92 Å². The summed E-state index contributed by atoms with van der Waals surface area (Å²) in [4.78, 5) is 30.0. The highest BCUT2D eigenvalue weighted by Gasteiger charge is 2.27. The van der Waals surface area contributed by atoms with Gasteiger partial charge >= 0.3 is 0 Å². The summed E-state index contributed by atoms with van der Waals surface area (Å²) in [6, 6.07) is 8.68. The number of amides is 1. The maximum absolute atomic E-state index is 13.0. The van der Waals surface area contributed by atoms with Gasteiger partial charge in [0.15, 0.2) is 11.5 Å². The van der Waals surface area contributed by atoms with Crippen LogP contribution in [0.15, 0.2) is 30.3 Å². The first-order valence-corrected chi connectivity index (χ1v) is 11.2. The molecule has 0 spiro atoms. The van der Waals surface area contributed by atoms with Crippen molar-refractivity contribution in [2.45, 2.75) is 13.0 Å². The van der Waals surface area contributed by atoms with Gasteiger partial charge in [-0.25, -0.2) is 0 Å². The molecule has 9 nitrogen and oxygen atoms in total. The molecule has 10 heteroatoms. The number of hydrogen-bond donors (Lipinski definition) is 0. The summed E-state index contributed by atoms with van der Waals surface area (Å²) < 4.78 is 10.8. The Morgan fingerprint density at radius 2 is 1.70 bits per heavy atom. The zero-order chi connectivity index (χ0) is 23.5. The van der Waals surface area contributed by atoms with Crippen LogP contribution in [0.1, 0.15) is 11.1 Å². The van der Waals surface area contributed by atoms with Crippen LogP contribution in [0, 0.1) is 10.1 Å². The van der Waals surface area contributed by atoms with Gasteiger partial charge in [-0.15, -0.1) is 0 Å². The van der Waals surface area contributed by atoms with E-state index in [-0.39, 0.29) is 11.6 Å². The third-order valence-electron chi connectivity index (χ3n) is 6.28. The molecule has 2 aromatic rings. The van der Waals surface area contributed by atoms with Crippen molar-refractivity contribution < 1.29 is 19.2 Å². The summed E-state index contributed by atoms with van der Waals surface area (Å²) in [5, 5.41) is 11.8. The number of benzene rings is 2. The zero-order valence-electron chi connectivity index (χ0n) is 18.8. The van der Waals surface area contributed by atoms with E-state index in [1.807, 2.05) is 21.9 Å². The van der Waals surface area contributed by atoms with E-state index >= 15 is 0 Å². The molecule has 1 saturated heterocycles. The number of carbonyl (C=O) groups excluding carboxylic acids is 1. The third-order valence-corrected chi connectivity index (χ3v) is 6.51. The zero-order valence-corrected chi connectivity index (χ0v) is 19.5. The first-order chi connectivity index (χ1) is 15.9. The van der Waals surface area contributed by atoms with Crippen LogP contribution in [0.3, 0.4) is 0 Å². The van der Waals surface area contributed by atoms with Crippen molar-refractivity contribution in [1.29, 1.82) is 0 Å². The Morgan fingerprint density at radius 3 is 2.33 bits per heavy atom. The van der Waals surface area contributed by atoms with E-state index in [9.17, 15) is 14.9 Å². The summed E-state index contributed by atoms with van der Waals surface area (Å²) >= 11 is 5.93. The number of rotatable bonds is 6. The first kappa shape index (κ1) is 23.1. The maximum atomic E-state index is 13.0. The molecule has 0 bridgehead atoms. The van der Waals surface area contributed by atoms with E-state index in [2.05, 4.69) is 4.90 Å². The van der Waals surface area contributed by atoms with Gasteiger partial charge in [-0.3, -0.25) is 19.8 Å². The number of nitro benzene ring substituents is 1. The predicted molar refractivity (Wildman–Crippen MR) is 125 cm³/mol. The normalized spacial score (nSPS) is 16.3. The minimum atomic E-state index is -0.407. The Hall–Kier alpha value is -3.04. The quantitative estimate of drug-likeness (QED) is 0.469. The Balaban J connectivity index is 1.35. The average Bonchev–Trinajstić information content (AvgIpc) is 2.83. The lowest BCUT2D eigenvalue weighted by Crippen LogP contribution is -2.50. The second-order valence-corrected chi connectivity index (χ2v) is 8.63. The van der Waals surface area contributed by atoms with Crippen molar-refractivity contribution in [3.8, 4) is 11.5 Å². The average molecular weight is 475 g/mol. The van der Waals surface area contributed by atoms with Crippen molar-refractivity contribution in [3.05, 3.63) is 56.6 Å². The SMILES string of the molecule is COc1cc2c(cc1OC)CN(C(=O)CN1CCN(c3ccc(Cl)cc3[N+](=O)[O-])CC1)CC2. The van der Waals surface area contributed by atoms with Crippen molar-refractivity contribution >= 4 is 28.9 Å². The molecule has 0 aromatic heterocycles. The van der Waals surface area contributed by atoms with E-state index in [0.29, 0.717) is 68.0 Å². The third kappa shape index (κ3) is 4.99. The number of hydrogen-bond acceptors (Lipinski definition) is 7. The summed E-state index contributed by atoms with van der Waals surface area (Å²) in [5.74, 6) is 1.45. The number of fused-ring (bicyclic) bond motifs is 1. The Kier molecular flexibility index (Phi) is 6.90. The number of nitro groups is 1. The van der Waals surface area contributed by atoms with Crippen molar-refractivity contribution in [1.82, 2.24) is 9.80 Å². The molecule has 0 unspecified atom stereocenters. The second kappa shape index (κ2) is 9.84. The number of halogens is 1. The fourth-order valence-electron chi connectivity index (χ4n) is 4.44. The number of nitrogens with zero attached hydrogens (tertiary/aromatic N) is 4. The molecule has 33 heavy (non-hydrogen) atoms. The summed E-state index contributed by atoms with van der Waals surface area (Å²) in [5.41, 5.74) is 2.82. The Labute approximate surface area is 197 Å². The molecule has 2 heterocycles. The highest BCUT2D eigenvalue weighted by Crippen LogP contribution is 2.34. The van der Waals surface area contributed by atoms with Crippen LogP contribution in [-0.2, 0) is 17.8 Å². The smallest absolute Gasteiger partial charge is 0.294 e. The van der Waals surface area contributed by atoms with Crippen LogP contribution < -0.4 is 14.4 Å². The van der Waals surface area contributed by atoms with Crippen molar-refractivity contribution in [3.63, 3.8) is 0 Å². The molecular formula is C23H27ClN4O5. The van der Waals surface area contributed by atoms with Crippen LogP contribution in [0.2, 0.25) is 5.02 Å². The molecule has 176 valence electrons. The molecule has 0 atom stereocenters. The molecule has 4 rings (SSSR count). The van der Waals surface area contributed by atoms with Crippen molar-refractivity contribution in [2.24, 2.45) is 0 Å². The molecule has 0 aliphatic carbocycles. The molecule has 0 radical (unpaired) electrons. The number of ether oxygens (including phenoxy) is 2. The molecule has 1 amide bonds. The summed E-state index contributed by atoms with van der Waals surface area (Å²) in [7, 11) is 3.22. The topological polar surface area (TPSA) is 88.4 Å². The molecule has 0 saturated carbocycles. The van der Waals surface area contributed by atoms with E-state index in [4.69, 9.17) is 21.1 Å². The van der Waals surface area contributed by atoms with Gasteiger partial charge in [0.1, 0.15) is 5.69 Å². The van der Waals surface area contributed by atoms with Crippen LogP contribution in [-0.4, -0.2) is 74.1 Å². The van der Waals surface area contributed by atoms with Crippen LogP contribution in [0.4, 0.5) is 11.4 Å². The lowest BCUT2D eigenvalue weighted by molar-refractivity contribution is -0.384. The predicted octanol–water partition coefficient (Wildman–Crippen LogP) is 2.97. The Morgan fingerprint density at radius 1 is 1.03 bits per heavy atom. The Bertz CT molecular complexity index is 1060. The number of carbonyl (C=O) groups is 1. The van der Waals surface area contributed by atoms with Gasteiger partial charge in [-0.2, -0.15) is 0 Å². The van der Waals surface area contributed by atoms with E-state index in [1.165, 1.54) is 11.6 Å². The van der Waals surface area contributed by atoms with Crippen molar-refractivity contribution in [2.75, 3.05) is 58.4 Å². The van der Waals surface area contributed by atoms with Crippen LogP contribution in [0.5, 0.6) is 11.5 Å². The van der Waals surface area contributed by atoms with Gasteiger partial charge in [-0.1, -0.05) is 11.6 Å². The van der Waals surface area contributed by atoms with Gasteiger partial charge in [0.05, 0.1) is 25.7 Å². The fraction of sp³-hybridized carbons (Fsp3) is 0.435. The largest absolute Gasteiger partial charge is 0.493 e. The van der Waals surface area contributed by atoms with E-state index in [0.717, 1.165) is 12.0 Å². The number of piperazine rings is 1. The van der Waals surface area contributed by atoms with Crippen LogP contribution >= 0.6 is 11.6 Å². The maximum Gasteiger partial charge on any atom is 0.294 e. The monoisotopic (exact) mass is 474 g/mol. The van der Waals surface area contributed by atoms with Gasteiger partial charge < -0.3 is 19.3 Å². The highest BCUT2D eigenvalue weighted by molar-refractivity contribution is 6.30. The molecule has 2 aromatic carbocycles. The first-order valence-electron chi connectivity index (χ1n) is 10.8. The molecule has 2 aliphatic heterocycles. The highest BCUT2D eigenvalue weighted by atomic mass is 35.5. The fourth-order valence-corrected chi connectivity index (χ4v) is 4.61. The molecular weight excluding hydrogens is 448 g/mol. The van der Waals surface area contributed by atoms with Gasteiger partial charge in [0, 0.05) is 50.4 Å². The minimum absolute atomic E-state index is 0.00562. The number of anilines is 1. The molecule has 0 N–H and O–H groups in total. The lowest BCUT2D eigenvalue weighted by atomic mass is 9.98. The summed E-state index contributed by atoms with van der Waals surface area (Å²) in [6.07, 6.45) is 0.773. The lowest BCUT2D eigenvalue weighted by Gasteiger charge is -2.37. The molecule has 1 fully saturated rings.